The van der Waals surface area contributed by atoms with E-state index in [1.807, 2.05) is 25.2 Å². The average molecular weight is 337 g/mol. The first-order valence-corrected chi connectivity index (χ1v) is 8.15. The molecule has 0 aromatic heterocycles. The Morgan fingerprint density at radius 1 is 1.40 bits per heavy atom. The molecule has 1 amide bonds. The van der Waals surface area contributed by atoms with Crippen molar-refractivity contribution in [1.29, 1.82) is 0 Å². The van der Waals surface area contributed by atoms with Crippen molar-refractivity contribution in [3.8, 4) is 0 Å². The second kappa shape index (κ2) is 5.40. The summed E-state index contributed by atoms with van der Waals surface area (Å²) in [5.74, 6) is 2.47. The number of halogens is 1. The van der Waals surface area contributed by atoms with Crippen LogP contribution in [0.15, 0.2) is 22.7 Å². The predicted molar refractivity (Wildman–Crippen MR) is 85.5 cm³/mol. The van der Waals surface area contributed by atoms with Crippen LogP contribution in [0.2, 0.25) is 0 Å². The van der Waals surface area contributed by atoms with E-state index < -0.39 is 0 Å². The summed E-state index contributed by atoms with van der Waals surface area (Å²) in [6.45, 7) is 0. The third-order valence-electron chi connectivity index (χ3n) is 5.05. The van der Waals surface area contributed by atoms with Crippen LogP contribution < -0.4 is 10.6 Å². The molecule has 1 aromatic rings. The highest BCUT2D eigenvalue weighted by atomic mass is 79.9. The molecule has 3 atom stereocenters. The molecule has 2 aliphatic rings. The van der Waals surface area contributed by atoms with E-state index in [0.717, 1.165) is 22.0 Å². The Morgan fingerprint density at radius 2 is 2.20 bits per heavy atom. The van der Waals surface area contributed by atoms with Crippen LogP contribution in [0.3, 0.4) is 0 Å². The van der Waals surface area contributed by atoms with Crippen LogP contribution in [-0.4, -0.2) is 13.0 Å². The smallest absolute Gasteiger partial charge is 0.227 e. The highest BCUT2D eigenvalue weighted by Gasteiger charge is 2.40. The minimum atomic E-state index is 0.191. The average Bonchev–Trinajstić information content (AvgIpc) is 3.00. The molecule has 0 spiro atoms. The Balaban J connectivity index is 1.67. The van der Waals surface area contributed by atoms with Gasteiger partial charge in [-0.25, -0.2) is 0 Å². The van der Waals surface area contributed by atoms with Crippen molar-refractivity contribution in [2.24, 2.45) is 17.8 Å². The van der Waals surface area contributed by atoms with Gasteiger partial charge in [-0.2, -0.15) is 0 Å². The quantitative estimate of drug-likeness (QED) is 0.853. The zero-order chi connectivity index (χ0) is 14.3. The highest BCUT2D eigenvalue weighted by molar-refractivity contribution is 9.10. The molecular weight excluding hydrogens is 316 g/mol. The van der Waals surface area contributed by atoms with E-state index in [4.69, 9.17) is 5.73 Å². The molecule has 3 unspecified atom stereocenters. The first-order chi connectivity index (χ1) is 9.54. The second-order valence-corrected chi connectivity index (χ2v) is 7.21. The SMILES string of the molecule is CN(C(=O)CC1CC2CCC1C2)c1ccc(Br)cc1N. The molecular formula is C16H21BrN2O. The topological polar surface area (TPSA) is 46.3 Å². The summed E-state index contributed by atoms with van der Waals surface area (Å²) >= 11 is 3.39. The minimum absolute atomic E-state index is 0.191. The Bertz CT molecular complexity index is 531. The lowest BCUT2D eigenvalue weighted by Gasteiger charge is -2.25. The summed E-state index contributed by atoms with van der Waals surface area (Å²) in [5.41, 5.74) is 7.45. The number of fused-ring (bicyclic) bond motifs is 2. The van der Waals surface area contributed by atoms with Crippen molar-refractivity contribution >= 4 is 33.2 Å². The predicted octanol–water partition coefficient (Wildman–Crippen LogP) is 3.82. The number of carbonyl (C=O) groups excluding carboxylic acids is 1. The molecule has 4 heteroatoms. The van der Waals surface area contributed by atoms with Gasteiger partial charge in [0, 0.05) is 17.9 Å². The number of amides is 1. The van der Waals surface area contributed by atoms with E-state index in [9.17, 15) is 4.79 Å². The largest absolute Gasteiger partial charge is 0.397 e. The van der Waals surface area contributed by atoms with Gasteiger partial charge in [0.25, 0.3) is 0 Å². The second-order valence-electron chi connectivity index (χ2n) is 6.29. The summed E-state index contributed by atoms with van der Waals surface area (Å²) in [5, 5.41) is 0. The van der Waals surface area contributed by atoms with E-state index in [1.165, 1.54) is 25.7 Å². The summed E-state index contributed by atoms with van der Waals surface area (Å²) in [4.78, 5) is 14.2. The van der Waals surface area contributed by atoms with Crippen LogP contribution >= 0.6 is 15.9 Å². The van der Waals surface area contributed by atoms with Crippen molar-refractivity contribution in [1.82, 2.24) is 0 Å². The van der Waals surface area contributed by atoms with E-state index in [-0.39, 0.29) is 5.91 Å². The van der Waals surface area contributed by atoms with Gasteiger partial charge in [-0.05, 0) is 55.2 Å². The molecule has 0 radical (unpaired) electrons. The third kappa shape index (κ3) is 2.58. The van der Waals surface area contributed by atoms with Gasteiger partial charge in [0.2, 0.25) is 5.91 Å². The maximum absolute atomic E-state index is 12.5. The maximum atomic E-state index is 12.5. The number of benzene rings is 1. The molecule has 2 N–H and O–H groups in total. The molecule has 1 aromatic carbocycles. The van der Waals surface area contributed by atoms with Gasteiger partial charge in [0.1, 0.15) is 0 Å². The molecule has 108 valence electrons. The van der Waals surface area contributed by atoms with Gasteiger partial charge in [-0.15, -0.1) is 0 Å². The van der Waals surface area contributed by atoms with E-state index >= 15 is 0 Å². The molecule has 3 nitrogen and oxygen atoms in total. The molecule has 2 aliphatic carbocycles. The molecule has 0 heterocycles. The standard InChI is InChI=1S/C16H21BrN2O/c1-19(15-5-4-13(17)9-14(15)18)16(20)8-12-7-10-2-3-11(12)6-10/h4-5,9-12H,2-3,6-8,18H2,1H3. The zero-order valence-electron chi connectivity index (χ0n) is 11.8. The third-order valence-corrected chi connectivity index (χ3v) is 5.54. The molecule has 2 bridgehead atoms. The lowest BCUT2D eigenvalue weighted by atomic mass is 9.86. The van der Waals surface area contributed by atoms with E-state index in [1.54, 1.807) is 4.90 Å². The van der Waals surface area contributed by atoms with Crippen LogP contribution in [0, 0.1) is 17.8 Å². The van der Waals surface area contributed by atoms with E-state index in [0.29, 0.717) is 18.0 Å². The van der Waals surface area contributed by atoms with Crippen molar-refractivity contribution in [2.45, 2.75) is 32.1 Å². The number of carbonyl (C=O) groups is 1. The van der Waals surface area contributed by atoms with Crippen molar-refractivity contribution in [2.75, 3.05) is 17.7 Å². The fourth-order valence-electron chi connectivity index (χ4n) is 3.95. The Morgan fingerprint density at radius 3 is 2.80 bits per heavy atom. The van der Waals surface area contributed by atoms with Gasteiger partial charge in [0.15, 0.2) is 0 Å². The zero-order valence-corrected chi connectivity index (χ0v) is 13.4. The van der Waals surface area contributed by atoms with Crippen LogP contribution in [0.25, 0.3) is 0 Å². The first kappa shape index (κ1) is 13.9. The summed E-state index contributed by atoms with van der Waals surface area (Å²) in [6, 6.07) is 5.67. The van der Waals surface area contributed by atoms with Crippen LogP contribution in [0.5, 0.6) is 0 Å². The van der Waals surface area contributed by atoms with Crippen LogP contribution in [0.1, 0.15) is 32.1 Å². The molecule has 0 aliphatic heterocycles. The number of anilines is 2. The molecule has 2 fully saturated rings. The minimum Gasteiger partial charge on any atom is -0.397 e. The lowest BCUT2D eigenvalue weighted by molar-refractivity contribution is -0.119. The molecule has 20 heavy (non-hydrogen) atoms. The fraction of sp³-hybridized carbons (Fsp3) is 0.562. The molecule has 2 saturated carbocycles. The Kier molecular flexibility index (Phi) is 3.76. The van der Waals surface area contributed by atoms with Gasteiger partial charge < -0.3 is 10.6 Å². The maximum Gasteiger partial charge on any atom is 0.227 e. The monoisotopic (exact) mass is 336 g/mol. The first-order valence-electron chi connectivity index (χ1n) is 7.36. The number of nitrogen functional groups attached to an aromatic ring is 1. The van der Waals surface area contributed by atoms with Crippen molar-refractivity contribution in [3.63, 3.8) is 0 Å². The number of nitrogens with zero attached hydrogens (tertiary/aromatic N) is 1. The van der Waals surface area contributed by atoms with Gasteiger partial charge in [-0.1, -0.05) is 22.4 Å². The normalized spacial score (nSPS) is 27.8. The number of rotatable bonds is 3. The van der Waals surface area contributed by atoms with Gasteiger partial charge in [-0.3, -0.25) is 4.79 Å². The van der Waals surface area contributed by atoms with Gasteiger partial charge >= 0.3 is 0 Å². The van der Waals surface area contributed by atoms with Crippen LogP contribution in [-0.2, 0) is 4.79 Å². The number of nitrogens with two attached hydrogens (primary N) is 1. The van der Waals surface area contributed by atoms with Crippen LogP contribution in [0.4, 0.5) is 11.4 Å². The van der Waals surface area contributed by atoms with Crippen molar-refractivity contribution in [3.05, 3.63) is 22.7 Å². The molecule has 0 saturated heterocycles. The summed E-state index contributed by atoms with van der Waals surface area (Å²) in [7, 11) is 1.83. The van der Waals surface area contributed by atoms with Crippen molar-refractivity contribution < 1.29 is 4.79 Å². The number of hydrogen-bond acceptors (Lipinski definition) is 2. The van der Waals surface area contributed by atoms with E-state index in [2.05, 4.69) is 15.9 Å². The summed E-state index contributed by atoms with van der Waals surface area (Å²) < 4.78 is 0.938. The van der Waals surface area contributed by atoms with Gasteiger partial charge in [0.05, 0.1) is 11.4 Å². The fourth-order valence-corrected chi connectivity index (χ4v) is 4.33. The Labute approximate surface area is 128 Å². The Hall–Kier alpha value is -1.03. The summed E-state index contributed by atoms with van der Waals surface area (Å²) in [6.07, 6.45) is 5.98. The lowest BCUT2D eigenvalue weighted by Crippen LogP contribution is -2.30. The number of hydrogen-bond donors (Lipinski definition) is 1. The molecule has 3 rings (SSSR count). The highest BCUT2D eigenvalue weighted by Crippen LogP contribution is 2.49.